The van der Waals surface area contributed by atoms with Crippen molar-refractivity contribution in [2.45, 2.75) is 19.1 Å². The summed E-state index contributed by atoms with van der Waals surface area (Å²) in [6.45, 7) is 4.62. The molecule has 0 spiro atoms. The number of hydrogen-bond acceptors (Lipinski definition) is 2. The molecule has 124 valence electrons. The van der Waals surface area contributed by atoms with Crippen molar-refractivity contribution in [1.29, 1.82) is 0 Å². The predicted octanol–water partition coefficient (Wildman–Crippen LogP) is 6.84. The molecule has 24 heavy (non-hydrogen) atoms. The van der Waals surface area contributed by atoms with Crippen LogP contribution in [0.5, 0.6) is 0 Å². The zero-order chi connectivity index (χ0) is 16.9. The molecule has 1 unspecified atom stereocenters. The van der Waals surface area contributed by atoms with E-state index in [1.165, 1.54) is 31.8 Å². The van der Waals surface area contributed by atoms with E-state index in [0.29, 0.717) is 5.25 Å². The lowest BCUT2D eigenvalue weighted by molar-refractivity contribution is 1.15. The van der Waals surface area contributed by atoms with Crippen LogP contribution in [-0.4, -0.2) is 12.5 Å². The van der Waals surface area contributed by atoms with Crippen LogP contribution in [0.25, 0.3) is 15.7 Å². The lowest BCUT2D eigenvalue weighted by atomic mass is 10.1. The Morgan fingerprint density at radius 3 is 2.33 bits per heavy atom. The van der Waals surface area contributed by atoms with Crippen molar-refractivity contribution < 1.29 is 0 Å². The Bertz CT molecular complexity index is 935. The van der Waals surface area contributed by atoms with E-state index in [-0.39, 0.29) is 0 Å². The maximum absolute atomic E-state index is 3.86. The van der Waals surface area contributed by atoms with Crippen LogP contribution in [0.3, 0.4) is 0 Å². The number of nitrogens with one attached hydrogen (secondary N) is 1. The van der Waals surface area contributed by atoms with Gasteiger partial charge in [0.05, 0.1) is 5.25 Å². The van der Waals surface area contributed by atoms with Crippen LogP contribution in [0.2, 0.25) is 0 Å². The van der Waals surface area contributed by atoms with Gasteiger partial charge < -0.3 is 4.72 Å². The largest absolute Gasteiger partial charge is 0.347 e. The third-order valence-corrected chi connectivity index (χ3v) is 8.80. The van der Waals surface area contributed by atoms with Gasteiger partial charge in [0, 0.05) is 15.3 Å². The van der Waals surface area contributed by atoms with E-state index < -0.39 is 10.2 Å². The summed E-state index contributed by atoms with van der Waals surface area (Å²) < 4.78 is 5.27. The fourth-order valence-electron chi connectivity index (χ4n) is 3.80. The van der Waals surface area contributed by atoms with E-state index in [1.54, 1.807) is 5.56 Å². The van der Waals surface area contributed by atoms with Gasteiger partial charge in [-0.15, -0.1) is 11.3 Å². The topological polar surface area (TPSA) is 12.0 Å². The second kappa shape index (κ2) is 5.68. The molecular weight excluding hydrogens is 330 g/mol. The Morgan fingerprint density at radius 1 is 0.917 bits per heavy atom. The Balaban J connectivity index is 1.84. The second-order valence-corrected chi connectivity index (χ2v) is 11.4. The average molecular weight is 354 g/mol. The molecule has 1 atom stereocenters. The minimum absolute atomic E-state index is 0.476. The molecule has 0 saturated carbocycles. The van der Waals surface area contributed by atoms with Gasteiger partial charge in [-0.3, -0.25) is 0 Å². The van der Waals surface area contributed by atoms with E-state index in [2.05, 4.69) is 85.7 Å². The number of para-hydroxylation sites is 1. The summed E-state index contributed by atoms with van der Waals surface area (Å²) in [6, 6.07) is 19.5. The molecule has 3 heteroatoms. The molecule has 1 aliphatic rings. The van der Waals surface area contributed by atoms with Gasteiger partial charge in [-0.25, -0.2) is 0 Å². The van der Waals surface area contributed by atoms with Crippen LogP contribution in [0.15, 0.2) is 60.2 Å². The summed E-state index contributed by atoms with van der Waals surface area (Å²) in [5, 5.41) is 1.91. The Kier molecular flexibility index (Phi) is 3.74. The lowest BCUT2D eigenvalue weighted by Crippen LogP contribution is -2.16. The standard InChI is InChI=1S/C21H23NS2/c1-14-15(2)21(24(3,4)22-16-10-6-5-7-11-16)19-17-12-8-9-13-18(17)23-20(14)19/h5-13,21-22H,1-4H3. The van der Waals surface area contributed by atoms with Crippen LogP contribution in [0.1, 0.15) is 29.5 Å². The fraction of sp³-hybridized carbons (Fsp3) is 0.238. The number of thiophene rings is 1. The predicted molar refractivity (Wildman–Crippen MR) is 112 cm³/mol. The van der Waals surface area contributed by atoms with Gasteiger partial charge in [-0.1, -0.05) is 42.0 Å². The quantitative estimate of drug-likeness (QED) is 0.543. The molecule has 0 radical (unpaired) electrons. The Morgan fingerprint density at radius 2 is 1.58 bits per heavy atom. The normalized spacial score (nSPS) is 18.1. The maximum atomic E-state index is 3.86. The van der Waals surface area contributed by atoms with Crippen LogP contribution >= 0.6 is 21.6 Å². The van der Waals surface area contributed by atoms with E-state index in [4.69, 9.17) is 0 Å². The Hall–Kier alpha value is -1.71. The summed E-state index contributed by atoms with van der Waals surface area (Å²) in [5.41, 5.74) is 5.78. The van der Waals surface area contributed by atoms with Gasteiger partial charge in [-0.2, -0.15) is 10.2 Å². The summed E-state index contributed by atoms with van der Waals surface area (Å²) in [7, 11) is -1.07. The highest BCUT2D eigenvalue weighted by Crippen LogP contribution is 2.64. The summed E-state index contributed by atoms with van der Waals surface area (Å²) in [6.07, 6.45) is 4.81. The summed E-state index contributed by atoms with van der Waals surface area (Å²) in [4.78, 5) is 1.49. The van der Waals surface area contributed by atoms with Crippen molar-refractivity contribution in [1.82, 2.24) is 0 Å². The lowest BCUT2D eigenvalue weighted by Gasteiger charge is -2.41. The smallest absolute Gasteiger partial charge is 0.0526 e. The first-order chi connectivity index (χ1) is 11.5. The van der Waals surface area contributed by atoms with E-state index >= 15 is 0 Å². The fourth-order valence-corrected chi connectivity index (χ4v) is 7.94. The average Bonchev–Trinajstić information content (AvgIpc) is 3.04. The van der Waals surface area contributed by atoms with E-state index in [1.807, 2.05) is 11.3 Å². The zero-order valence-electron chi connectivity index (χ0n) is 14.6. The van der Waals surface area contributed by atoms with Gasteiger partial charge in [0.25, 0.3) is 0 Å². The Labute approximate surface area is 149 Å². The molecule has 0 saturated heterocycles. The van der Waals surface area contributed by atoms with Crippen LogP contribution < -0.4 is 4.72 Å². The maximum Gasteiger partial charge on any atom is 0.0526 e. The van der Waals surface area contributed by atoms with E-state index in [9.17, 15) is 0 Å². The number of allylic oxidation sites excluding steroid dienone is 1. The number of rotatable bonds is 3. The molecule has 1 nitrogen and oxygen atoms in total. The van der Waals surface area contributed by atoms with Crippen LogP contribution in [0.4, 0.5) is 5.69 Å². The molecule has 4 rings (SSSR count). The number of anilines is 1. The first kappa shape index (κ1) is 15.8. The van der Waals surface area contributed by atoms with Crippen molar-refractivity contribution in [2.75, 3.05) is 17.2 Å². The molecule has 0 aliphatic heterocycles. The summed E-state index contributed by atoms with van der Waals surface area (Å²) >= 11 is 1.95. The van der Waals surface area contributed by atoms with Gasteiger partial charge >= 0.3 is 0 Å². The number of benzene rings is 2. The molecule has 1 N–H and O–H groups in total. The molecule has 0 bridgehead atoms. The highest BCUT2D eigenvalue weighted by atomic mass is 32.3. The molecule has 0 amide bonds. The van der Waals surface area contributed by atoms with Crippen molar-refractivity contribution in [3.63, 3.8) is 0 Å². The molecule has 1 heterocycles. The van der Waals surface area contributed by atoms with E-state index in [0.717, 1.165) is 0 Å². The first-order valence-corrected chi connectivity index (χ1v) is 11.6. The molecular formula is C21H23NS2. The molecule has 0 fully saturated rings. The minimum atomic E-state index is -1.07. The molecule has 2 aromatic carbocycles. The van der Waals surface area contributed by atoms with Gasteiger partial charge in [0.1, 0.15) is 0 Å². The zero-order valence-corrected chi connectivity index (χ0v) is 16.2. The van der Waals surface area contributed by atoms with Crippen molar-refractivity contribution in [2.24, 2.45) is 0 Å². The summed E-state index contributed by atoms with van der Waals surface area (Å²) in [5.74, 6) is 0. The van der Waals surface area contributed by atoms with Crippen molar-refractivity contribution in [3.05, 3.63) is 70.6 Å². The SMILES string of the molecule is CC1=C(C)C(S(C)(C)Nc2ccccc2)c2c1sc1ccccc21. The molecule has 1 aromatic heterocycles. The minimum Gasteiger partial charge on any atom is -0.347 e. The van der Waals surface area contributed by atoms with Gasteiger partial charge in [0.2, 0.25) is 0 Å². The highest BCUT2D eigenvalue weighted by Gasteiger charge is 2.38. The van der Waals surface area contributed by atoms with Crippen molar-refractivity contribution >= 4 is 42.9 Å². The van der Waals surface area contributed by atoms with Gasteiger partial charge in [0.15, 0.2) is 0 Å². The third-order valence-electron chi connectivity index (χ3n) is 4.97. The van der Waals surface area contributed by atoms with Gasteiger partial charge in [-0.05, 0) is 61.1 Å². The number of fused-ring (bicyclic) bond motifs is 3. The van der Waals surface area contributed by atoms with Crippen LogP contribution in [-0.2, 0) is 0 Å². The first-order valence-electron chi connectivity index (χ1n) is 8.23. The molecule has 1 aliphatic carbocycles. The monoisotopic (exact) mass is 353 g/mol. The number of hydrogen-bond donors (Lipinski definition) is 1. The second-order valence-electron chi connectivity index (χ2n) is 6.90. The molecule has 3 aromatic rings. The highest BCUT2D eigenvalue weighted by molar-refractivity contribution is 8.34. The van der Waals surface area contributed by atoms with Crippen LogP contribution in [0, 0.1) is 0 Å². The third kappa shape index (κ3) is 2.38. The van der Waals surface area contributed by atoms with Crippen molar-refractivity contribution in [3.8, 4) is 0 Å².